The van der Waals surface area contributed by atoms with Crippen molar-refractivity contribution in [3.05, 3.63) is 69.3 Å². The number of aryl methyl sites for hydroxylation is 2. The van der Waals surface area contributed by atoms with E-state index in [9.17, 15) is 18.5 Å². The lowest BCUT2D eigenvalue weighted by molar-refractivity contribution is -0.384. The van der Waals surface area contributed by atoms with E-state index < -0.39 is 14.9 Å². The second-order valence-electron chi connectivity index (χ2n) is 6.21. The normalized spacial score (nSPS) is 14.3. The van der Waals surface area contributed by atoms with Crippen LogP contribution in [0.15, 0.2) is 52.4 Å². The van der Waals surface area contributed by atoms with Gasteiger partial charge in [-0.2, -0.15) is 0 Å². The SMILES string of the molecule is Cc1ccc(C)c(CSC2=NCCN2S(=O)(=O)c2ccc([N+](=O)[O-])cc2)c1. The van der Waals surface area contributed by atoms with Gasteiger partial charge in [0.25, 0.3) is 15.7 Å². The van der Waals surface area contributed by atoms with Gasteiger partial charge in [0.1, 0.15) is 0 Å². The maximum Gasteiger partial charge on any atom is 0.269 e. The molecule has 0 aliphatic carbocycles. The number of hydrogen-bond donors (Lipinski definition) is 0. The monoisotopic (exact) mass is 405 g/mol. The van der Waals surface area contributed by atoms with Gasteiger partial charge in [-0.25, -0.2) is 12.7 Å². The molecule has 0 unspecified atom stereocenters. The van der Waals surface area contributed by atoms with E-state index in [2.05, 4.69) is 11.1 Å². The molecule has 142 valence electrons. The first-order valence-corrected chi connectivity index (χ1v) is 10.7. The van der Waals surface area contributed by atoms with Gasteiger partial charge >= 0.3 is 0 Å². The predicted molar refractivity (Wildman–Crippen MR) is 107 cm³/mol. The van der Waals surface area contributed by atoms with Gasteiger partial charge in [0.2, 0.25) is 0 Å². The molecule has 2 aromatic rings. The summed E-state index contributed by atoms with van der Waals surface area (Å²) in [5.41, 5.74) is 3.30. The Balaban J connectivity index is 1.78. The van der Waals surface area contributed by atoms with Crippen molar-refractivity contribution in [2.75, 3.05) is 13.1 Å². The van der Waals surface area contributed by atoms with Crippen LogP contribution in [-0.4, -0.2) is 35.9 Å². The number of nitro benzene ring substituents is 1. The Hall–Kier alpha value is -2.39. The smallest absolute Gasteiger partial charge is 0.260 e. The highest BCUT2D eigenvalue weighted by Crippen LogP contribution is 2.27. The van der Waals surface area contributed by atoms with Gasteiger partial charge in [0.15, 0.2) is 5.17 Å². The molecule has 0 bridgehead atoms. The first kappa shape index (κ1) is 19.4. The number of thioether (sulfide) groups is 1. The first-order valence-electron chi connectivity index (χ1n) is 8.29. The number of nitrogens with zero attached hydrogens (tertiary/aromatic N) is 3. The lowest BCUT2D eigenvalue weighted by atomic mass is 10.1. The molecule has 1 aliphatic heterocycles. The van der Waals surface area contributed by atoms with Gasteiger partial charge < -0.3 is 0 Å². The van der Waals surface area contributed by atoms with Crippen LogP contribution in [0.4, 0.5) is 5.69 Å². The van der Waals surface area contributed by atoms with E-state index in [0.717, 1.165) is 16.7 Å². The Kier molecular flexibility index (Phi) is 5.52. The predicted octanol–water partition coefficient (Wildman–Crippen LogP) is 3.51. The lowest BCUT2D eigenvalue weighted by Crippen LogP contribution is -2.32. The standard InChI is InChI=1S/C18H19N3O4S2/c1-13-3-4-14(2)15(11-13)12-26-18-19-9-10-20(18)27(24,25)17-7-5-16(6-8-17)21(22)23/h3-8,11H,9-10,12H2,1-2H3. The number of benzene rings is 2. The van der Waals surface area contributed by atoms with E-state index in [-0.39, 0.29) is 17.1 Å². The molecule has 0 saturated carbocycles. The lowest BCUT2D eigenvalue weighted by Gasteiger charge is -2.20. The fourth-order valence-electron chi connectivity index (χ4n) is 2.72. The molecule has 1 heterocycles. The maximum atomic E-state index is 12.9. The molecule has 0 radical (unpaired) electrons. The molecule has 1 aliphatic rings. The topological polar surface area (TPSA) is 92.9 Å². The highest BCUT2D eigenvalue weighted by Gasteiger charge is 2.31. The molecule has 0 aromatic heterocycles. The highest BCUT2D eigenvalue weighted by atomic mass is 32.2. The Labute approximate surface area is 162 Å². The fourth-order valence-corrected chi connectivity index (χ4v) is 5.50. The van der Waals surface area contributed by atoms with Gasteiger partial charge in [-0.15, -0.1) is 0 Å². The fraction of sp³-hybridized carbons (Fsp3) is 0.278. The zero-order valence-electron chi connectivity index (χ0n) is 15.0. The van der Waals surface area contributed by atoms with Gasteiger partial charge in [-0.3, -0.25) is 15.1 Å². The third-order valence-electron chi connectivity index (χ3n) is 4.26. The van der Waals surface area contributed by atoms with Gasteiger partial charge in [-0.1, -0.05) is 35.5 Å². The third-order valence-corrected chi connectivity index (χ3v) is 7.24. The molecule has 9 heteroatoms. The summed E-state index contributed by atoms with van der Waals surface area (Å²) in [6, 6.07) is 11.1. The molecule has 0 saturated heterocycles. The molecule has 2 aromatic carbocycles. The van der Waals surface area contributed by atoms with E-state index in [0.29, 0.717) is 17.5 Å². The highest BCUT2D eigenvalue weighted by molar-refractivity contribution is 8.14. The van der Waals surface area contributed by atoms with Crippen molar-refractivity contribution in [3.8, 4) is 0 Å². The van der Waals surface area contributed by atoms with Crippen molar-refractivity contribution in [2.45, 2.75) is 24.5 Å². The molecule has 0 N–H and O–H groups in total. The molecule has 0 fully saturated rings. The number of hydrogen-bond acceptors (Lipinski definition) is 6. The van der Waals surface area contributed by atoms with Gasteiger partial charge in [-0.05, 0) is 37.1 Å². The number of non-ortho nitro benzene ring substituents is 1. The molecule has 3 rings (SSSR count). The van der Waals surface area contributed by atoms with Crippen LogP contribution in [0.3, 0.4) is 0 Å². The molecular weight excluding hydrogens is 386 g/mol. The summed E-state index contributed by atoms with van der Waals surface area (Å²) in [6.07, 6.45) is 0. The zero-order valence-corrected chi connectivity index (χ0v) is 16.6. The van der Waals surface area contributed by atoms with E-state index in [4.69, 9.17) is 0 Å². The second-order valence-corrected chi connectivity index (χ2v) is 9.02. The summed E-state index contributed by atoms with van der Waals surface area (Å²) in [6.45, 7) is 4.72. The van der Waals surface area contributed by atoms with Crippen LogP contribution in [0.1, 0.15) is 16.7 Å². The summed E-state index contributed by atoms with van der Waals surface area (Å²) < 4.78 is 27.1. The van der Waals surface area contributed by atoms with E-state index >= 15 is 0 Å². The second kappa shape index (κ2) is 7.69. The van der Waals surface area contributed by atoms with Crippen LogP contribution in [0.2, 0.25) is 0 Å². The minimum Gasteiger partial charge on any atom is -0.260 e. The Morgan fingerprint density at radius 2 is 1.89 bits per heavy atom. The summed E-state index contributed by atoms with van der Waals surface area (Å²) >= 11 is 1.39. The van der Waals surface area contributed by atoms with Crippen molar-refractivity contribution < 1.29 is 13.3 Å². The molecular formula is C18H19N3O4S2. The number of amidine groups is 1. The summed E-state index contributed by atoms with van der Waals surface area (Å²) in [4.78, 5) is 14.6. The number of rotatable bonds is 5. The van der Waals surface area contributed by atoms with Gasteiger partial charge in [0.05, 0.1) is 22.9 Å². The van der Waals surface area contributed by atoms with Crippen molar-refractivity contribution in [1.29, 1.82) is 0 Å². The Morgan fingerprint density at radius 3 is 2.56 bits per heavy atom. The molecule has 0 atom stereocenters. The van der Waals surface area contributed by atoms with Crippen molar-refractivity contribution in [2.24, 2.45) is 4.99 Å². The molecule has 27 heavy (non-hydrogen) atoms. The number of aliphatic imine (C=N–C) groups is 1. The van der Waals surface area contributed by atoms with Crippen LogP contribution in [0.25, 0.3) is 0 Å². The average molecular weight is 406 g/mol. The van der Waals surface area contributed by atoms with Crippen molar-refractivity contribution in [3.63, 3.8) is 0 Å². The van der Waals surface area contributed by atoms with Crippen LogP contribution in [0.5, 0.6) is 0 Å². The van der Waals surface area contributed by atoms with E-state index in [1.165, 1.54) is 40.3 Å². The van der Waals surface area contributed by atoms with Crippen molar-refractivity contribution >= 4 is 32.6 Å². The first-order chi connectivity index (χ1) is 12.8. The number of nitro groups is 1. The van der Waals surface area contributed by atoms with Crippen LogP contribution in [0, 0.1) is 24.0 Å². The maximum absolute atomic E-state index is 12.9. The Morgan fingerprint density at radius 1 is 1.19 bits per heavy atom. The zero-order chi connectivity index (χ0) is 19.6. The minimum absolute atomic E-state index is 0.0232. The van der Waals surface area contributed by atoms with E-state index in [1.54, 1.807) is 0 Å². The van der Waals surface area contributed by atoms with Crippen LogP contribution >= 0.6 is 11.8 Å². The van der Waals surface area contributed by atoms with E-state index in [1.807, 2.05) is 26.0 Å². The molecule has 0 amide bonds. The molecule has 7 nitrogen and oxygen atoms in total. The van der Waals surface area contributed by atoms with Crippen LogP contribution in [-0.2, 0) is 15.8 Å². The number of sulfonamides is 1. The Bertz CT molecular complexity index is 1000. The summed E-state index contributed by atoms with van der Waals surface area (Å²) in [7, 11) is -3.79. The minimum atomic E-state index is -3.79. The summed E-state index contributed by atoms with van der Waals surface area (Å²) in [5.74, 6) is 0.624. The van der Waals surface area contributed by atoms with Gasteiger partial charge in [0, 0.05) is 17.9 Å². The third kappa shape index (κ3) is 4.14. The van der Waals surface area contributed by atoms with Crippen molar-refractivity contribution in [1.82, 2.24) is 4.31 Å². The van der Waals surface area contributed by atoms with Crippen LogP contribution < -0.4 is 0 Å². The quantitative estimate of drug-likeness (QED) is 0.561. The largest absolute Gasteiger partial charge is 0.269 e. The summed E-state index contributed by atoms with van der Waals surface area (Å²) in [5, 5.41) is 11.2. The molecule has 0 spiro atoms. The average Bonchev–Trinajstić information content (AvgIpc) is 3.12.